The number of thiazole rings is 1. The van der Waals surface area contributed by atoms with Crippen LogP contribution in [0.15, 0.2) is 65.2 Å². The number of nitrogens with two attached hydrogens (primary N) is 1. The molecule has 2 fully saturated rings. The third-order valence-corrected chi connectivity index (χ3v) is 18.1. The quantitative estimate of drug-likeness (QED) is 0.0178. The molecule has 3 aliphatic rings. The molecule has 2 aliphatic heterocycles. The van der Waals surface area contributed by atoms with E-state index in [0.717, 1.165) is 116 Å². The molecule has 17 heteroatoms. The number of nitrogen functional groups attached to an aromatic ring is 1. The van der Waals surface area contributed by atoms with Crippen molar-refractivity contribution in [2.45, 2.75) is 169 Å². The molecule has 1 aromatic carbocycles. The number of carbonyl (C=O) groups excluding carboxylic acids is 2. The van der Waals surface area contributed by atoms with Crippen LogP contribution in [0, 0.1) is 29.6 Å². The van der Waals surface area contributed by atoms with Crippen molar-refractivity contribution in [2.24, 2.45) is 11.8 Å². The van der Waals surface area contributed by atoms with Crippen LogP contribution in [0.2, 0.25) is 0 Å². The van der Waals surface area contributed by atoms with E-state index >= 15 is 0 Å². The van der Waals surface area contributed by atoms with E-state index in [2.05, 4.69) is 54.7 Å². The SMILES string of the molecule is CC/C(CC(=N)c1ccnc(N2CCCN(CCCCCCOC(=N)/C=C(\O)C(C(=O)N3CCC[C@H]3C(=O)NCc3ccc(-c4scnc4C)cc3)C(C)C)C[C@@H]2C)n1)=C(/O)[C@@]1(C)CCCc2sc(N)c(C(C)CC)c21. The van der Waals surface area contributed by atoms with Gasteiger partial charge in [-0.25, -0.2) is 15.0 Å². The topological polar surface area (TPSA) is 218 Å². The van der Waals surface area contributed by atoms with Gasteiger partial charge >= 0.3 is 0 Å². The van der Waals surface area contributed by atoms with Gasteiger partial charge in [-0.1, -0.05) is 71.7 Å². The molecule has 412 valence electrons. The number of aromatic nitrogens is 3. The number of hydrogen-bond acceptors (Lipinski definition) is 15. The van der Waals surface area contributed by atoms with Gasteiger partial charge in [0.1, 0.15) is 17.6 Å². The number of carbonyl (C=O) groups is 2. The van der Waals surface area contributed by atoms with E-state index in [1.165, 1.54) is 22.1 Å². The molecular weight excluding hydrogens is 993 g/mol. The fourth-order valence-electron chi connectivity index (χ4n) is 11.6. The maximum atomic E-state index is 14.0. The lowest BCUT2D eigenvalue weighted by Gasteiger charge is -2.37. The summed E-state index contributed by atoms with van der Waals surface area (Å²) in [6, 6.07) is 9.41. The van der Waals surface area contributed by atoms with Gasteiger partial charge in [0.15, 0.2) is 0 Å². The first-order valence-electron chi connectivity index (χ1n) is 27.9. The number of hydrogen-bond donors (Lipinski definition) is 6. The molecule has 15 nitrogen and oxygen atoms in total. The summed E-state index contributed by atoms with van der Waals surface area (Å²) >= 11 is 3.28. The van der Waals surface area contributed by atoms with Gasteiger partial charge in [0.05, 0.1) is 50.4 Å². The Hall–Kier alpha value is -5.65. The molecule has 2 saturated heterocycles. The van der Waals surface area contributed by atoms with Gasteiger partial charge in [-0.3, -0.25) is 15.0 Å². The van der Waals surface area contributed by atoms with Gasteiger partial charge < -0.3 is 46.1 Å². The Labute approximate surface area is 459 Å². The highest BCUT2D eigenvalue weighted by molar-refractivity contribution is 7.16. The second-order valence-electron chi connectivity index (χ2n) is 21.9. The number of rotatable bonds is 23. The van der Waals surface area contributed by atoms with Gasteiger partial charge in [0, 0.05) is 55.8 Å². The van der Waals surface area contributed by atoms with Crippen molar-refractivity contribution in [3.8, 4) is 10.4 Å². The first-order chi connectivity index (χ1) is 36.4. The fraction of sp³-hybridized carbons (Fsp3) is 0.576. The number of likely N-dealkylation sites (tertiary alicyclic amines) is 1. The number of nitrogens with one attached hydrogen (secondary N) is 3. The van der Waals surface area contributed by atoms with E-state index in [-0.39, 0.29) is 35.4 Å². The summed E-state index contributed by atoms with van der Waals surface area (Å²) in [7, 11) is 0. The van der Waals surface area contributed by atoms with Gasteiger partial charge in [-0.15, -0.1) is 22.7 Å². The second kappa shape index (κ2) is 26.6. The predicted molar refractivity (Wildman–Crippen MR) is 309 cm³/mol. The van der Waals surface area contributed by atoms with E-state index in [1.807, 2.05) is 56.6 Å². The molecule has 1 aliphatic carbocycles. The number of ether oxygens (including phenoxy) is 1. The number of aryl methyl sites for hydroxylation is 2. The number of fused-ring (bicyclic) bond motifs is 1. The second-order valence-corrected chi connectivity index (χ2v) is 23.9. The monoisotopic (exact) mass is 1080 g/mol. The molecule has 7 N–H and O–H groups in total. The molecule has 7 rings (SSSR count). The number of allylic oxidation sites excluding steroid dienone is 2. The van der Waals surface area contributed by atoms with E-state index in [4.69, 9.17) is 25.8 Å². The zero-order chi connectivity index (χ0) is 54.7. The van der Waals surface area contributed by atoms with Crippen molar-refractivity contribution < 1.29 is 24.5 Å². The number of amides is 2. The normalized spacial score (nSPS) is 20.5. The van der Waals surface area contributed by atoms with Gasteiger partial charge in [0.25, 0.3) is 0 Å². The molecule has 0 bridgehead atoms. The Kier molecular flexibility index (Phi) is 20.3. The zero-order valence-electron chi connectivity index (χ0n) is 46.3. The first kappa shape index (κ1) is 58.0. The van der Waals surface area contributed by atoms with Crippen molar-refractivity contribution in [3.05, 3.63) is 98.2 Å². The average Bonchev–Trinajstić information content (AvgIpc) is 4.16. The third-order valence-electron chi connectivity index (χ3n) is 16.0. The van der Waals surface area contributed by atoms with E-state index in [9.17, 15) is 25.2 Å². The summed E-state index contributed by atoms with van der Waals surface area (Å²) in [5.74, 6) is -0.794. The van der Waals surface area contributed by atoms with Crippen molar-refractivity contribution >= 4 is 57.0 Å². The zero-order valence-corrected chi connectivity index (χ0v) is 48.0. The Morgan fingerprint density at radius 2 is 1.78 bits per heavy atom. The van der Waals surface area contributed by atoms with Crippen LogP contribution in [0.4, 0.5) is 10.9 Å². The highest BCUT2D eigenvalue weighted by atomic mass is 32.1. The van der Waals surface area contributed by atoms with Crippen LogP contribution in [0.5, 0.6) is 0 Å². The summed E-state index contributed by atoms with van der Waals surface area (Å²) < 4.78 is 5.71. The van der Waals surface area contributed by atoms with Crippen LogP contribution in [0.1, 0.15) is 164 Å². The van der Waals surface area contributed by atoms with Crippen LogP contribution in [0.3, 0.4) is 0 Å². The van der Waals surface area contributed by atoms with Gasteiger partial charge in [0.2, 0.25) is 23.7 Å². The van der Waals surface area contributed by atoms with Gasteiger partial charge in [-0.05, 0) is 144 Å². The molecule has 5 atom stereocenters. The highest BCUT2D eigenvalue weighted by Gasteiger charge is 2.43. The molecule has 2 amide bonds. The van der Waals surface area contributed by atoms with Crippen LogP contribution in [0.25, 0.3) is 10.4 Å². The number of aliphatic hydroxyl groups excluding tert-OH is 2. The van der Waals surface area contributed by atoms with E-state index < -0.39 is 17.4 Å². The van der Waals surface area contributed by atoms with Crippen LogP contribution in [-0.2, 0) is 32.7 Å². The smallest absolute Gasteiger partial charge is 0.243 e. The minimum absolute atomic E-state index is 0.172. The molecule has 0 spiro atoms. The number of anilines is 2. The summed E-state index contributed by atoms with van der Waals surface area (Å²) in [5, 5.41) is 44.9. The maximum Gasteiger partial charge on any atom is 0.243 e. The van der Waals surface area contributed by atoms with E-state index in [0.29, 0.717) is 74.4 Å². The number of thiophene rings is 1. The lowest BCUT2D eigenvalue weighted by atomic mass is 9.68. The fourth-order valence-corrected chi connectivity index (χ4v) is 13.7. The molecule has 3 aromatic heterocycles. The maximum absolute atomic E-state index is 14.0. The van der Waals surface area contributed by atoms with Crippen molar-refractivity contribution in [3.63, 3.8) is 0 Å². The van der Waals surface area contributed by atoms with Crippen LogP contribution >= 0.6 is 22.7 Å². The summed E-state index contributed by atoms with van der Waals surface area (Å²) in [6.45, 7) is 21.3. The Bertz CT molecular complexity index is 2710. The minimum Gasteiger partial charge on any atom is -0.511 e. The molecule has 4 aromatic rings. The standard InChI is InChI=1S/C59H84N10O5S2/c1-9-38(5)51-52-48(76-55(51)62)19-15-25-59(52,8)54(71)42(10-2)32-44(60)45-24-26-63-58(66-45)68-30-17-28-67(35-39(68)6)27-13-11-12-14-31-74-49(61)33-47(70)50(37(3)4)57(73)69-29-16-18-46(69)56(72)64-34-41-20-22-43(23-21-41)53-40(7)65-36-75-53/h20-24,26,33,36-39,46,50,60-61,70-71H,9-19,25,27-32,34-35,62H2,1-8H3,(H,64,72)/b47-33-,54-42-,60-44?,61-49?/t38?,39-,46-,50?,59-/m0/s1. The molecular formula is C59H84N10O5S2. The van der Waals surface area contributed by atoms with Crippen LogP contribution < -0.4 is 16.0 Å². The third kappa shape index (κ3) is 13.7. The molecule has 0 saturated carbocycles. The number of nitrogens with zero attached hydrogens (tertiary/aromatic N) is 6. The first-order valence-corrected chi connectivity index (χ1v) is 29.6. The Balaban J connectivity index is 0.833. The largest absolute Gasteiger partial charge is 0.511 e. The lowest BCUT2D eigenvalue weighted by molar-refractivity contribution is -0.142. The summed E-state index contributed by atoms with van der Waals surface area (Å²) in [5.41, 5.74) is 15.2. The van der Waals surface area contributed by atoms with Crippen molar-refractivity contribution in [1.82, 2.24) is 30.1 Å². The van der Waals surface area contributed by atoms with Crippen molar-refractivity contribution in [2.75, 3.05) is 50.0 Å². The summed E-state index contributed by atoms with van der Waals surface area (Å²) in [4.78, 5) is 50.2. The highest BCUT2D eigenvalue weighted by Crippen LogP contribution is 2.52. The van der Waals surface area contributed by atoms with Crippen LogP contribution in [-0.4, -0.2) is 110 Å². The average molecular weight is 1080 g/mol. The lowest BCUT2D eigenvalue weighted by Crippen LogP contribution is -2.48. The van der Waals surface area contributed by atoms with E-state index in [1.54, 1.807) is 33.8 Å². The molecule has 76 heavy (non-hydrogen) atoms. The minimum atomic E-state index is -0.903. The Morgan fingerprint density at radius 3 is 2.49 bits per heavy atom. The molecule has 2 unspecified atom stereocenters. The Morgan fingerprint density at radius 1 is 1.01 bits per heavy atom. The van der Waals surface area contributed by atoms with Gasteiger partial charge in [-0.2, -0.15) is 0 Å². The molecule has 0 radical (unpaired) electrons. The summed E-state index contributed by atoms with van der Waals surface area (Å²) in [6.07, 6.45) is 13.7. The predicted octanol–water partition coefficient (Wildman–Crippen LogP) is 11.8. The number of benzene rings is 1. The number of aliphatic hydroxyl groups is 2. The van der Waals surface area contributed by atoms with Crippen molar-refractivity contribution in [1.29, 1.82) is 10.8 Å². The molecule has 5 heterocycles. The number of unbranched alkanes of at least 4 members (excludes halogenated alkanes) is 3.